The quantitative estimate of drug-likeness (QED) is 0.537. The number of amides is 1. The molecule has 5 rings (SSSR count). The molecular formula is C21H23F2N7O3. The Kier molecular flexibility index (Phi) is 4.94. The molecule has 12 heteroatoms. The van der Waals surface area contributed by atoms with Gasteiger partial charge in [-0.2, -0.15) is 9.61 Å². The summed E-state index contributed by atoms with van der Waals surface area (Å²) in [5, 5.41) is 12.8. The van der Waals surface area contributed by atoms with E-state index in [-0.39, 0.29) is 47.2 Å². The minimum absolute atomic E-state index is 0.0450. The monoisotopic (exact) mass is 459 g/mol. The second kappa shape index (κ2) is 7.71. The number of nitrogens with one attached hydrogen (secondary N) is 3. The third-order valence-corrected chi connectivity index (χ3v) is 5.85. The predicted molar refractivity (Wildman–Crippen MR) is 117 cm³/mol. The fourth-order valence-corrected chi connectivity index (χ4v) is 3.90. The molecule has 1 amide bonds. The van der Waals surface area contributed by atoms with Crippen molar-refractivity contribution in [2.24, 2.45) is 0 Å². The van der Waals surface area contributed by atoms with E-state index in [0.29, 0.717) is 24.7 Å². The number of hydrogen-bond donors (Lipinski definition) is 3. The second-order valence-corrected chi connectivity index (χ2v) is 8.39. The third kappa shape index (κ3) is 3.55. The molecule has 33 heavy (non-hydrogen) atoms. The van der Waals surface area contributed by atoms with Gasteiger partial charge in [-0.25, -0.2) is 13.8 Å². The van der Waals surface area contributed by atoms with E-state index in [2.05, 4.69) is 26.0 Å². The number of carbonyl (C=O) groups is 1. The SMILES string of the molecule is CC(C)n1cccc(Nc2nc3c(C(=O)N[C@@H]4CCC4(F)F)cnn3c3c2OCCN3)c1=O. The summed E-state index contributed by atoms with van der Waals surface area (Å²) >= 11 is 0. The first-order chi connectivity index (χ1) is 15.8. The number of hydrogen-bond acceptors (Lipinski definition) is 7. The summed E-state index contributed by atoms with van der Waals surface area (Å²) in [4.78, 5) is 30.1. The number of pyridine rings is 1. The zero-order valence-corrected chi connectivity index (χ0v) is 18.1. The highest BCUT2D eigenvalue weighted by atomic mass is 19.3. The number of aromatic nitrogens is 4. The van der Waals surface area contributed by atoms with E-state index in [9.17, 15) is 18.4 Å². The Morgan fingerprint density at radius 1 is 1.39 bits per heavy atom. The number of halogens is 2. The Labute approximate surface area is 186 Å². The molecule has 1 saturated carbocycles. The Hall–Kier alpha value is -3.70. The first kappa shape index (κ1) is 21.2. The van der Waals surface area contributed by atoms with Gasteiger partial charge in [-0.3, -0.25) is 9.59 Å². The van der Waals surface area contributed by atoms with E-state index in [4.69, 9.17) is 4.74 Å². The average molecular weight is 459 g/mol. The second-order valence-electron chi connectivity index (χ2n) is 8.39. The maximum atomic E-state index is 13.7. The van der Waals surface area contributed by atoms with Crippen molar-refractivity contribution in [2.75, 3.05) is 23.8 Å². The van der Waals surface area contributed by atoms with Gasteiger partial charge in [0.2, 0.25) is 5.75 Å². The fraction of sp³-hybridized carbons (Fsp3) is 0.429. The van der Waals surface area contributed by atoms with Crippen molar-refractivity contribution in [2.45, 2.75) is 44.7 Å². The predicted octanol–water partition coefficient (Wildman–Crippen LogP) is 2.55. The van der Waals surface area contributed by atoms with E-state index in [1.807, 2.05) is 13.8 Å². The van der Waals surface area contributed by atoms with E-state index in [0.717, 1.165) is 0 Å². The number of anilines is 3. The molecular weight excluding hydrogens is 436 g/mol. The molecule has 1 aliphatic heterocycles. The smallest absolute Gasteiger partial charge is 0.274 e. The van der Waals surface area contributed by atoms with Crippen LogP contribution in [0.1, 0.15) is 43.1 Å². The topological polar surface area (TPSA) is 115 Å². The van der Waals surface area contributed by atoms with Gasteiger partial charge in [0, 0.05) is 18.7 Å². The van der Waals surface area contributed by atoms with Crippen LogP contribution in [0.5, 0.6) is 5.75 Å². The van der Waals surface area contributed by atoms with Crippen LogP contribution in [0, 0.1) is 0 Å². The van der Waals surface area contributed by atoms with Gasteiger partial charge in [0.25, 0.3) is 17.4 Å². The maximum Gasteiger partial charge on any atom is 0.274 e. The molecule has 3 aromatic rings. The van der Waals surface area contributed by atoms with Crippen LogP contribution in [0.3, 0.4) is 0 Å². The highest BCUT2D eigenvalue weighted by molar-refractivity contribution is 6.00. The van der Waals surface area contributed by atoms with Crippen molar-refractivity contribution in [3.05, 3.63) is 40.4 Å². The molecule has 1 aliphatic carbocycles. The number of alkyl halides is 2. The minimum atomic E-state index is -2.92. The third-order valence-electron chi connectivity index (χ3n) is 5.85. The van der Waals surface area contributed by atoms with Gasteiger partial charge in [0.15, 0.2) is 17.3 Å². The molecule has 0 spiro atoms. The van der Waals surface area contributed by atoms with Crippen molar-refractivity contribution in [1.29, 1.82) is 0 Å². The highest BCUT2D eigenvalue weighted by Crippen LogP contribution is 2.39. The molecule has 174 valence electrons. The van der Waals surface area contributed by atoms with Crippen LogP contribution in [0.4, 0.5) is 26.1 Å². The van der Waals surface area contributed by atoms with Gasteiger partial charge in [0.1, 0.15) is 17.9 Å². The molecule has 0 radical (unpaired) electrons. The lowest BCUT2D eigenvalue weighted by Crippen LogP contribution is -2.55. The van der Waals surface area contributed by atoms with Crippen LogP contribution in [0.25, 0.3) is 5.65 Å². The van der Waals surface area contributed by atoms with Crippen LogP contribution in [-0.2, 0) is 0 Å². The Balaban J connectivity index is 1.57. The Bertz CT molecular complexity index is 1300. The number of rotatable bonds is 5. The summed E-state index contributed by atoms with van der Waals surface area (Å²) in [5.74, 6) is -2.61. The summed E-state index contributed by atoms with van der Waals surface area (Å²) in [6.07, 6.45) is 2.93. The number of ether oxygens (including phenoxy) is 1. The normalized spacial score (nSPS) is 18.8. The Morgan fingerprint density at radius 3 is 2.91 bits per heavy atom. The molecule has 1 atom stereocenters. The van der Waals surface area contributed by atoms with Crippen molar-refractivity contribution < 1.29 is 18.3 Å². The van der Waals surface area contributed by atoms with Gasteiger partial charge >= 0.3 is 0 Å². The molecule has 0 saturated heterocycles. The molecule has 3 aromatic heterocycles. The van der Waals surface area contributed by atoms with Gasteiger partial charge in [0.05, 0.1) is 18.8 Å². The van der Waals surface area contributed by atoms with E-state index in [1.54, 1.807) is 22.9 Å². The van der Waals surface area contributed by atoms with Crippen LogP contribution in [0.15, 0.2) is 29.3 Å². The molecule has 10 nitrogen and oxygen atoms in total. The summed E-state index contributed by atoms with van der Waals surface area (Å²) in [5.41, 5.74) is 0.225. The largest absolute Gasteiger partial charge is 0.485 e. The first-order valence-electron chi connectivity index (χ1n) is 10.7. The average Bonchev–Trinajstić information content (AvgIpc) is 3.22. The molecule has 4 heterocycles. The fourth-order valence-electron chi connectivity index (χ4n) is 3.90. The zero-order valence-electron chi connectivity index (χ0n) is 18.1. The summed E-state index contributed by atoms with van der Waals surface area (Å²) in [6, 6.07) is 2.11. The van der Waals surface area contributed by atoms with Crippen molar-refractivity contribution in [3.63, 3.8) is 0 Å². The molecule has 0 aromatic carbocycles. The minimum Gasteiger partial charge on any atom is -0.485 e. The van der Waals surface area contributed by atoms with Crippen molar-refractivity contribution >= 4 is 28.9 Å². The lowest BCUT2D eigenvalue weighted by atomic mass is 9.88. The van der Waals surface area contributed by atoms with Crippen LogP contribution >= 0.6 is 0 Å². The summed E-state index contributed by atoms with van der Waals surface area (Å²) < 4.78 is 36.1. The maximum absolute atomic E-state index is 13.7. The number of carbonyl (C=O) groups excluding carboxylic acids is 1. The lowest BCUT2D eigenvalue weighted by Gasteiger charge is -2.36. The van der Waals surface area contributed by atoms with E-state index >= 15 is 0 Å². The van der Waals surface area contributed by atoms with Crippen molar-refractivity contribution in [3.8, 4) is 5.75 Å². The Morgan fingerprint density at radius 2 is 2.21 bits per heavy atom. The highest BCUT2D eigenvalue weighted by Gasteiger charge is 2.49. The molecule has 3 N–H and O–H groups in total. The van der Waals surface area contributed by atoms with Crippen LogP contribution in [-0.4, -0.2) is 50.2 Å². The van der Waals surface area contributed by atoms with Crippen molar-refractivity contribution in [1.82, 2.24) is 24.5 Å². The van der Waals surface area contributed by atoms with E-state index < -0.39 is 17.9 Å². The molecule has 0 bridgehead atoms. The first-order valence-corrected chi connectivity index (χ1v) is 10.7. The molecule has 1 fully saturated rings. The summed E-state index contributed by atoms with van der Waals surface area (Å²) in [6.45, 7) is 4.65. The standard InChI is InChI=1S/C21H23F2N7O3/c1-11(2)29-8-3-4-13(20(29)32)26-16-15-18(24-7-9-33-15)30-17(28-16)12(10-25-30)19(31)27-14-5-6-21(14,22)23/h3-4,8,10-11,14,24H,5-7,9H2,1-2H3,(H,26,28)(H,27,31)/t14-/m1/s1. The van der Waals surface area contributed by atoms with Gasteiger partial charge in [-0.05, 0) is 32.4 Å². The lowest BCUT2D eigenvalue weighted by molar-refractivity contribution is -0.102. The van der Waals surface area contributed by atoms with Gasteiger partial charge < -0.3 is 25.3 Å². The van der Waals surface area contributed by atoms with Crippen LogP contribution < -0.4 is 26.2 Å². The zero-order chi connectivity index (χ0) is 23.3. The summed E-state index contributed by atoms with van der Waals surface area (Å²) in [7, 11) is 0. The number of fused-ring (bicyclic) bond motifs is 3. The molecule has 2 aliphatic rings. The number of nitrogens with zero attached hydrogens (tertiary/aromatic N) is 4. The van der Waals surface area contributed by atoms with Gasteiger partial charge in [-0.1, -0.05) is 0 Å². The molecule has 0 unspecified atom stereocenters. The van der Waals surface area contributed by atoms with Gasteiger partial charge in [-0.15, -0.1) is 0 Å². The van der Waals surface area contributed by atoms with E-state index in [1.165, 1.54) is 10.7 Å². The van der Waals surface area contributed by atoms with Crippen LogP contribution in [0.2, 0.25) is 0 Å².